The van der Waals surface area contributed by atoms with Gasteiger partial charge in [0.25, 0.3) is 0 Å². The van der Waals surface area contributed by atoms with E-state index in [0.29, 0.717) is 0 Å². The zero-order valence-electron chi connectivity index (χ0n) is 12.3. The van der Waals surface area contributed by atoms with E-state index in [9.17, 15) is 0 Å². The molecule has 0 aromatic carbocycles. The molecular formula is C15H32N2. The Labute approximate surface area is 108 Å². The van der Waals surface area contributed by atoms with Crippen LogP contribution in [0.2, 0.25) is 0 Å². The molecule has 0 aliphatic carbocycles. The van der Waals surface area contributed by atoms with Crippen LogP contribution in [0.4, 0.5) is 0 Å². The van der Waals surface area contributed by atoms with Crippen molar-refractivity contribution in [3.63, 3.8) is 0 Å². The van der Waals surface area contributed by atoms with Crippen LogP contribution in [0, 0.1) is 11.8 Å². The van der Waals surface area contributed by atoms with Crippen LogP contribution in [-0.2, 0) is 0 Å². The van der Waals surface area contributed by atoms with E-state index in [2.05, 4.69) is 32.6 Å². The largest absolute Gasteiger partial charge is 0.330 e. The maximum Gasteiger partial charge on any atom is 0.00960 e. The Morgan fingerprint density at radius 2 is 2.00 bits per heavy atom. The first-order chi connectivity index (χ1) is 8.08. The van der Waals surface area contributed by atoms with Crippen molar-refractivity contribution < 1.29 is 0 Å². The highest BCUT2D eigenvalue weighted by molar-refractivity contribution is 4.84. The molecule has 1 heterocycles. The van der Waals surface area contributed by atoms with Crippen LogP contribution in [0.3, 0.4) is 0 Å². The van der Waals surface area contributed by atoms with Crippen LogP contribution in [0.5, 0.6) is 0 Å². The van der Waals surface area contributed by atoms with Gasteiger partial charge in [0, 0.05) is 12.1 Å². The summed E-state index contributed by atoms with van der Waals surface area (Å²) in [6, 6.07) is 1.62. The minimum absolute atomic E-state index is 0.723. The second kappa shape index (κ2) is 7.38. The summed E-state index contributed by atoms with van der Waals surface area (Å²) in [5.41, 5.74) is 5.89. The molecule has 0 spiro atoms. The Morgan fingerprint density at radius 1 is 1.29 bits per heavy atom. The predicted molar refractivity (Wildman–Crippen MR) is 76.1 cm³/mol. The molecule has 2 nitrogen and oxygen atoms in total. The Kier molecular flexibility index (Phi) is 6.50. The maximum absolute atomic E-state index is 5.89. The van der Waals surface area contributed by atoms with Gasteiger partial charge in [-0.2, -0.15) is 0 Å². The van der Waals surface area contributed by atoms with Crippen LogP contribution in [-0.4, -0.2) is 30.1 Å². The maximum atomic E-state index is 5.89. The lowest BCUT2D eigenvalue weighted by Crippen LogP contribution is -2.36. The van der Waals surface area contributed by atoms with Gasteiger partial charge in [0.05, 0.1) is 0 Å². The van der Waals surface area contributed by atoms with E-state index in [1.54, 1.807) is 0 Å². The number of rotatable bonds is 7. The lowest BCUT2D eigenvalue weighted by atomic mass is 9.94. The molecule has 1 rings (SSSR count). The minimum Gasteiger partial charge on any atom is -0.330 e. The van der Waals surface area contributed by atoms with Crippen molar-refractivity contribution in [3.8, 4) is 0 Å². The van der Waals surface area contributed by atoms with Crippen LogP contribution in [0.25, 0.3) is 0 Å². The molecular weight excluding hydrogens is 208 g/mol. The Bertz CT molecular complexity index is 203. The number of likely N-dealkylation sites (tertiary alicyclic amines) is 1. The first kappa shape index (κ1) is 15.0. The molecule has 102 valence electrons. The highest BCUT2D eigenvalue weighted by Crippen LogP contribution is 2.27. The van der Waals surface area contributed by atoms with Gasteiger partial charge in [0.15, 0.2) is 0 Å². The predicted octanol–water partition coefficient (Wildman–Crippen LogP) is 3.26. The zero-order chi connectivity index (χ0) is 12.8. The van der Waals surface area contributed by atoms with Crippen molar-refractivity contribution in [2.24, 2.45) is 17.6 Å². The van der Waals surface area contributed by atoms with E-state index in [4.69, 9.17) is 5.73 Å². The monoisotopic (exact) mass is 240 g/mol. The van der Waals surface area contributed by atoms with Gasteiger partial charge in [-0.3, -0.25) is 4.90 Å². The van der Waals surface area contributed by atoms with Gasteiger partial charge in [0.1, 0.15) is 0 Å². The number of nitrogens with two attached hydrogens (primary N) is 1. The molecule has 3 unspecified atom stereocenters. The molecule has 1 fully saturated rings. The Hall–Kier alpha value is -0.0800. The average Bonchev–Trinajstić information content (AvgIpc) is 2.65. The van der Waals surface area contributed by atoms with E-state index in [0.717, 1.165) is 30.5 Å². The molecule has 0 amide bonds. The molecule has 3 atom stereocenters. The summed E-state index contributed by atoms with van der Waals surface area (Å²) in [6.07, 6.45) is 6.66. The standard InChI is InChI=1S/C15H32N2/c1-5-15-7-6-13(4)17(15)9-8-14(11-16)10-12(2)3/h12-15H,5-11,16H2,1-4H3. The zero-order valence-corrected chi connectivity index (χ0v) is 12.3. The Morgan fingerprint density at radius 3 is 2.53 bits per heavy atom. The lowest BCUT2D eigenvalue weighted by Gasteiger charge is -2.29. The summed E-state index contributed by atoms with van der Waals surface area (Å²) in [5.74, 6) is 1.50. The fraction of sp³-hybridized carbons (Fsp3) is 1.00. The summed E-state index contributed by atoms with van der Waals surface area (Å²) in [6.45, 7) is 11.4. The third-order valence-corrected chi connectivity index (χ3v) is 4.36. The summed E-state index contributed by atoms with van der Waals surface area (Å²) in [7, 11) is 0. The smallest absolute Gasteiger partial charge is 0.00960 e. The van der Waals surface area contributed by atoms with Crippen molar-refractivity contribution in [2.45, 2.75) is 71.9 Å². The second-order valence-electron chi connectivity index (χ2n) is 6.25. The summed E-state index contributed by atoms with van der Waals surface area (Å²) in [5, 5.41) is 0. The number of hydrogen-bond donors (Lipinski definition) is 1. The molecule has 0 aromatic heterocycles. The van der Waals surface area contributed by atoms with Crippen molar-refractivity contribution in [3.05, 3.63) is 0 Å². The Balaban J connectivity index is 2.36. The molecule has 2 N–H and O–H groups in total. The SMILES string of the molecule is CCC1CCC(C)N1CCC(CN)CC(C)C. The van der Waals surface area contributed by atoms with Crippen molar-refractivity contribution in [1.29, 1.82) is 0 Å². The third kappa shape index (κ3) is 4.59. The fourth-order valence-corrected chi connectivity index (χ4v) is 3.30. The van der Waals surface area contributed by atoms with Gasteiger partial charge in [-0.25, -0.2) is 0 Å². The van der Waals surface area contributed by atoms with Crippen LogP contribution in [0.1, 0.15) is 59.8 Å². The molecule has 1 aliphatic rings. The third-order valence-electron chi connectivity index (χ3n) is 4.36. The summed E-state index contributed by atoms with van der Waals surface area (Å²) >= 11 is 0. The van der Waals surface area contributed by atoms with Crippen LogP contribution < -0.4 is 5.73 Å². The molecule has 2 heteroatoms. The van der Waals surface area contributed by atoms with E-state index in [-0.39, 0.29) is 0 Å². The van der Waals surface area contributed by atoms with Gasteiger partial charge in [-0.1, -0.05) is 20.8 Å². The van der Waals surface area contributed by atoms with Crippen LogP contribution >= 0.6 is 0 Å². The van der Waals surface area contributed by atoms with Gasteiger partial charge in [-0.05, 0) is 64.0 Å². The lowest BCUT2D eigenvalue weighted by molar-refractivity contribution is 0.180. The first-order valence-corrected chi connectivity index (χ1v) is 7.54. The number of nitrogens with zero attached hydrogens (tertiary/aromatic N) is 1. The summed E-state index contributed by atoms with van der Waals surface area (Å²) < 4.78 is 0. The normalized spacial score (nSPS) is 27.9. The average molecular weight is 240 g/mol. The van der Waals surface area contributed by atoms with Gasteiger partial charge in [-0.15, -0.1) is 0 Å². The van der Waals surface area contributed by atoms with Crippen molar-refractivity contribution in [1.82, 2.24) is 4.90 Å². The first-order valence-electron chi connectivity index (χ1n) is 7.54. The van der Waals surface area contributed by atoms with Gasteiger partial charge in [0.2, 0.25) is 0 Å². The van der Waals surface area contributed by atoms with Crippen molar-refractivity contribution in [2.75, 3.05) is 13.1 Å². The molecule has 17 heavy (non-hydrogen) atoms. The highest BCUT2D eigenvalue weighted by Gasteiger charge is 2.29. The number of hydrogen-bond acceptors (Lipinski definition) is 2. The quantitative estimate of drug-likeness (QED) is 0.740. The van der Waals surface area contributed by atoms with E-state index < -0.39 is 0 Å². The van der Waals surface area contributed by atoms with Gasteiger partial charge < -0.3 is 5.73 Å². The second-order valence-corrected chi connectivity index (χ2v) is 6.25. The molecule has 1 aliphatic heterocycles. The minimum atomic E-state index is 0.723. The van der Waals surface area contributed by atoms with Crippen molar-refractivity contribution >= 4 is 0 Å². The van der Waals surface area contributed by atoms with Gasteiger partial charge >= 0.3 is 0 Å². The fourth-order valence-electron chi connectivity index (χ4n) is 3.30. The summed E-state index contributed by atoms with van der Waals surface area (Å²) in [4.78, 5) is 2.73. The molecule has 0 saturated carbocycles. The van der Waals surface area contributed by atoms with Crippen LogP contribution in [0.15, 0.2) is 0 Å². The molecule has 1 saturated heterocycles. The molecule has 0 aromatic rings. The molecule has 0 bridgehead atoms. The topological polar surface area (TPSA) is 29.3 Å². The van der Waals surface area contributed by atoms with E-state index >= 15 is 0 Å². The molecule has 0 radical (unpaired) electrons. The van der Waals surface area contributed by atoms with E-state index in [1.807, 2.05) is 0 Å². The van der Waals surface area contributed by atoms with E-state index in [1.165, 1.54) is 38.6 Å². The highest BCUT2D eigenvalue weighted by atomic mass is 15.2.